The highest BCUT2D eigenvalue weighted by Crippen LogP contribution is 2.15. The Labute approximate surface area is 95.7 Å². The number of carbonyl (C=O) groups excluding carboxylic acids is 1. The first-order valence-corrected chi connectivity index (χ1v) is 5.15. The van der Waals surface area contributed by atoms with Crippen molar-refractivity contribution in [2.24, 2.45) is 0 Å². The molecular formula is C12H18N2O2. The highest BCUT2D eigenvalue weighted by atomic mass is 16.7. The zero-order valence-electron chi connectivity index (χ0n) is 10.1. The maximum absolute atomic E-state index is 11.8. The Morgan fingerprint density at radius 2 is 2.00 bits per heavy atom. The Kier molecular flexibility index (Phi) is 3.55. The normalized spacial score (nSPS) is 11.2. The fourth-order valence-corrected chi connectivity index (χ4v) is 1.15. The number of amides is 1. The van der Waals surface area contributed by atoms with Crippen LogP contribution in [0, 0.1) is 6.92 Å². The van der Waals surface area contributed by atoms with Crippen molar-refractivity contribution in [1.29, 1.82) is 0 Å². The molecule has 0 bridgehead atoms. The minimum Gasteiger partial charge on any atom is -0.398 e. The molecule has 88 valence electrons. The van der Waals surface area contributed by atoms with E-state index in [1.54, 1.807) is 25.1 Å². The molecule has 0 spiro atoms. The number of anilines is 1. The maximum Gasteiger partial charge on any atom is 0.275 e. The Hall–Kier alpha value is -1.55. The molecule has 0 aliphatic rings. The van der Waals surface area contributed by atoms with Gasteiger partial charge in [0.2, 0.25) is 0 Å². The maximum atomic E-state index is 11.8. The van der Waals surface area contributed by atoms with Crippen LogP contribution in [0.2, 0.25) is 0 Å². The first-order valence-electron chi connectivity index (χ1n) is 5.15. The van der Waals surface area contributed by atoms with Crippen LogP contribution in [-0.2, 0) is 4.84 Å². The van der Waals surface area contributed by atoms with Gasteiger partial charge in [0, 0.05) is 11.3 Å². The van der Waals surface area contributed by atoms with Crippen LogP contribution in [0.15, 0.2) is 18.2 Å². The van der Waals surface area contributed by atoms with E-state index in [9.17, 15) is 4.79 Å². The van der Waals surface area contributed by atoms with Crippen molar-refractivity contribution in [3.63, 3.8) is 0 Å². The summed E-state index contributed by atoms with van der Waals surface area (Å²) in [6.07, 6.45) is 0. The fourth-order valence-electron chi connectivity index (χ4n) is 1.15. The van der Waals surface area contributed by atoms with Gasteiger partial charge in [-0.3, -0.25) is 9.63 Å². The minimum atomic E-state index is -0.413. The van der Waals surface area contributed by atoms with Crippen LogP contribution in [0.5, 0.6) is 0 Å². The molecule has 0 radical (unpaired) electrons. The molecule has 1 aromatic rings. The number of hydrogen-bond acceptors (Lipinski definition) is 3. The van der Waals surface area contributed by atoms with E-state index in [0.29, 0.717) is 11.3 Å². The van der Waals surface area contributed by atoms with E-state index in [1.165, 1.54) is 0 Å². The summed E-state index contributed by atoms with van der Waals surface area (Å²) in [7, 11) is 0. The smallest absolute Gasteiger partial charge is 0.275 e. The van der Waals surface area contributed by atoms with Crippen molar-refractivity contribution in [3.05, 3.63) is 29.3 Å². The Morgan fingerprint density at radius 1 is 1.38 bits per heavy atom. The molecule has 4 nitrogen and oxygen atoms in total. The third kappa shape index (κ3) is 3.24. The van der Waals surface area contributed by atoms with E-state index in [1.807, 2.05) is 20.8 Å². The standard InChI is InChI=1S/C12H18N2O2/c1-8-9(6-5-7-10(8)13)11(15)14-16-12(2,3)4/h5-7H,13H2,1-4H3,(H,14,15). The number of nitrogens with one attached hydrogen (secondary N) is 1. The molecule has 0 heterocycles. The first-order chi connectivity index (χ1) is 7.31. The molecule has 0 aliphatic heterocycles. The van der Waals surface area contributed by atoms with Gasteiger partial charge in [-0.05, 0) is 45.4 Å². The lowest BCUT2D eigenvalue weighted by Gasteiger charge is -2.19. The van der Waals surface area contributed by atoms with Gasteiger partial charge in [-0.1, -0.05) is 6.07 Å². The van der Waals surface area contributed by atoms with Gasteiger partial charge in [0.25, 0.3) is 5.91 Å². The minimum absolute atomic E-state index is 0.278. The third-order valence-corrected chi connectivity index (χ3v) is 2.07. The summed E-state index contributed by atoms with van der Waals surface area (Å²) in [6.45, 7) is 7.39. The van der Waals surface area contributed by atoms with E-state index >= 15 is 0 Å². The second-order valence-electron chi connectivity index (χ2n) is 4.67. The van der Waals surface area contributed by atoms with Crippen LogP contribution in [0.3, 0.4) is 0 Å². The fraction of sp³-hybridized carbons (Fsp3) is 0.417. The number of rotatable bonds is 2. The van der Waals surface area contributed by atoms with Crippen LogP contribution in [0.1, 0.15) is 36.7 Å². The number of nitrogens with two attached hydrogens (primary N) is 1. The Bertz CT molecular complexity index is 394. The van der Waals surface area contributed by atoms with Crippen molar-refractivity contribution in [1.82, 2.24) is 5.48 Å². The summed E-state index contributed by atoms with van der Waals surface area (Å²) in [4.78, 5) is 17.0. The first kappa shape index (κ1) is 12.5. The molecule has 0 atom stereocenters. The highest BCUT2D eigenvalue weighted by Gasteiger charge is 2.15. The topological polar surface area (TPSA) is 64.4 Å². The van der Waals surface area contributed by atoms with Gasteiger partial charge < -0.3 is 5.73 Å². The van der Waals surface area contributed by atoms with Gasteiger partial charge in [0.15, 0.2) is 0 Å². The molecule has 4 heteroatoms. The number of carbonyl (C=O) groups is 1. The number of benzene rings is 1. The largest absolute Gasteiger partial charge is 0.398 e. The molecule has 0 aliphatic carbocycles. The van der Waals surface area contributed by atoms with Crippen LogP contribution < -0.4 is 11.2 Å². The predicted octanol–water partition coefficient (Wildman–Crippen LogP) is 2.04. The summed E-state index contributed by atoms with van der Waals surface area (Å²) < 4.78 is 0. The number of hydroxylamine groups is 1. The van der Waals surface area contributed by atoms with E-state index in [2.05, 4.69) is 5.48 Å². The molecule has 1 rings (SSSR count). The molecule has 0 aromatic heterocycles. The summed E-state index contributed by atoms with van der Waals surface area (Å²) in [5, 5.41) is 0. The number of hydrogen-bond donors (Lipinski definition) is 2. The lowest BCUT2D eigenvalue weighted by molar-refractivity contribution is -0.0589. The van der Waals surface area contributed by atoms with Crippen LogP contribution in [0.25, 0.3) is 0 Å². The summed E-state index contributed by atoms with van der Waals surface area (Å²) in [5.74, 6) is -0.278. The van der Waals surface area contributed by atoms with E-state index in [-0.39, 0.29) is 5.91 Å². The zero-order valence-corrected chi connectivity index (χ0v) is 10.1. The molecule has 3 N–H and O–H groups in total. The molecule has 1 amide bonds. The molecule has 0 unspecified atom stereocenters. The van der Waals surface area contributed by atoms with Gasteiger partial charge in [-0.25, -0.2) is 5.48 Å². The molecule has 0 saturated heterocycles. The van der Waals surface area contributed by atoms with Gasteiger partial charge >= 0.3 is 0 Å². The quantitative estimate of drug-likeness (QED) is 0.594. The van der Waals surface area contributed by atoms with Crippen molar-refractivity contribution in [2.45, 2.75) is 33.3 Å². The monoisotopic (exact) mass is 222 g/mol. The lowest BCUT2D eigenvalue weighted by atomic mass is 10.1. The number of nitrogen functional groups attached to an aromatic ring is 1. The predicted molar refractivity (Wildman–Crippen MR) is 63.9 cm³/mol. The highest BCUT2D eigenvalue weighted by molar-refractivity contribution is 5.96. The molecular weight excluding hydrogens is 204 g/mol. The average Bonchev–Trinajstić information content (AvgIpc) is 2.17. The summed E-state index contributed by atoms with van der Waals surface area (Å²) in [5.41, 5.74) is 9.61. The molecule has 1 aromatic carbocycles. The van der Waals surface area contributed by atoms with E-state index in [0.717, 1.165) is 5.56 Å². The van der Waals surface area contributed by atoms with Gasteiger partial charge in [-0.2, -0.15) is 0 Å². The van der Waals surface area contributed by atoms with Gasteiger partial charge in [0.1, 0.15) is 0 Å². The van der Waals surface area contributed by atoms with E-state index in [4.69, 9.17) is 10.6 Å². The van der Waals surface area contributed by atoms with Crippen LogP contribution in [-0.4, -0.2) is 11.5 Å². The second-order valence-corrected chi connectivity index (χ2v) is 4.67. The van der Waals surface area contributed by atoms with Gasteiger partial charge in [0.05, 0.1) is 5.60 Å². The Balaban J connectivity index is 2.78. The van der Waals surface area contributed by atoms with Gasteiger partial charge in [-0.15, -0.1) is 0 Å². The molecule has 0 fully saturated rings. The van der Waals surface area contributed by atoms with Crippen molar-refractivity contribution < 1.29 is 9.63 Å². The third-order valence-electron chi connectivity index (χ3n) is 2.07. The zero-order chi connectivity index (χ0) is 12.3. The second kappa shape index (κ2) is 4.53. The average molecular weight is 222 g/mol. The summed E-state index contributed by atoms with van der Waals surface area (Å²) >= 11 is 0. The summed E-state index contributed by atoms with van der Waals surface area (Å²) in [6, 6.07) is 5.22. The van der Waals surface area contributed by atoms with Crippen LogP contribution in [0.4, 0.5) is 5.69 Å². The van der Waals surface area contributed by atoms with E-state index < -0.39 is 5.60 Å². The van der Waals surface area contributed by atoms with Crippen LogP contribution >= 0.6 is 0 Å². The van der Waals surface area contributed by atoms with Crippen molar-refractivity contribution >= 4 is 11.6 Å². The van der Waals surface area contributed by atoms with Crippen molar-refractivity contribution in [2.75, 3.05) is 5.73 Å². The molecule has 0 saturated carbocycles. The lowest BCUT2D eigenvalue weighted by Crippen LogP contribution is -2.33. The molecule has 16 heavy (non-hydrogen) atoms. The SMILES string of the molecule is Cc1c(N)cccc1C(=O)NOC(C)(C)C. The Morgan fingerprint density at radius 3 is 2.56 bits per heavy atom. The van der Waals surface area contributed by atoms with Crippen molar-refractivity contribution in [3.8, 4) is 0 Å².